The fourth-order valence-electron chi connectivity index (χ4n) is 0.519. The Morgan fingerprint density at radius 1 is 1.38 bits per heavy atom. The monoisotopic (exact) mass is 338 g/mol. The van der Waals surface area contributed by atoms with Crippen LogP contribution in [0.2, 0.25) is 0 Å². The van der Waals surface area contributed by atoms with Crippen molar-refractivity contribution in [3.63, 3.8) is 0 Å². The topological polar surface area (TPSA) is 0 Å². The molecule has 0 bridgehead atoms. The molecule has 0 rings (SSSR count). The van der Waals surface area contributed by atoms with Gasteiger partial charge in [0.05, 0.1) is 0 Å². The van der Waals surface area contributed by atoms with Gasteiger partial charge in [0.2, 0.25) is 0 Å². The van der Waals surface area contributed by atoms with Crippen molar-refractivity contribution in [1.82, 2.24) is 0 Å². The zero-order chi connectivity index (χ0) is 6.57. The quantitative estimate of drug-likeness (QED) is 0.547. The standard InChI is InChI=1S/C6H12I2/c1-3-6(8)4-5(2)7/h5-6H,3-4H2,1-2H3. The second-order valence-electron chi connectivity index (χ2n) is 2.02. The lowest BCUT2D eigenvalue weighted by Gasteiger charge is -2.06. The molecule has 0 spiro atoms. The van der Waals surface area contributed by atoms with E-state index < -0.39 is 0 Å². The third-order valence-electron chi connectivity index (χ3n) is 1.02. The number of hydrogen-bond acceptors (Lipinski definition) is 0. The second-order valence-corrected chi connectivity index (χ2v) is 5.91. The summed E-state index contributed by atoms with van der Waals surface area (Å²) in [4.78, 5) is 0. The van der Waals surface area contributed by atoms with Crippen molar-refractivity contribution < 1.29 is 0 Å². The second kappa shape index (κ2) is 5.26. The van der Waals surface area contributed by atoms with Crippen molar-refractivity contribution in [2.45, 2.75) is 34.5 Å². The Kier molecular flexibility index (Phi) is 6.22. The normalized spacial score (nSPS) is 18.0. The van der Waals surface area contributed by atoms with Gasteiger partial charge in [0.15, 0.2) is 0 Å². The van der Waals surface area contributed by atoms with Crippen LogP contribution in [0.15, 0.2) is 0 Å². The van der Waals surface area contributed by atoms with E-state index in [1.807, 2.05) is 0 Å². The summed E-state index contributed by atoms with van der Waals surface area (Å²) in [6.07, 6.45) is 2.67. The maximum Gasteiger partial charge on any atom is 0.0117 e. The largest absolute Gasteiger partial charge is 0.0829 e. The van der Waals surface area contributed by atoms with Crippen LogP contribution in [-0.4, -0.2) is 7.85 Å². The van der Waals surface area contributed by atoms with Gasteiger partial charge < -0.3 is 0 Å². The van der Waals surface area contributed by atoms with E-state index in [0.717, 1.165) is 7.85 Å². The average molecular weight is 338 g/mol. The number of halogens is 2. The Morgan fingerprint density at radius 2 is 1.88 bits per heavy atom. The molecule has 0 N–H and O–H groups in total. The number of rotatable bonds is 3. The third-order valence-corrected chi connectivity index (χ3v) is 2.92. The van der Waals surface area contributed by atoms with Crippen LogP contribution in [0.5, 0.6) is 0 Å². The summed E-state index contributed by atoms with van der Waals surface area (Å²) in [5, 5.41) is 0. The lowest BCUT2D eigenvalue weighted by atomic mass is 10.2. The van der Waals surface area contributed by atoms with E-state index in [-0.39, 0.29) is 0 Å². The predicted octanol–water partition coefficient (Wildman–Crippen LogP) is 3.41. The molecular formula is C6H12I2. The minimum Gasteiger partial charge on any atom is -0.0829 e. The first-order valence-corrected chi connectivity index (χ1v) is 5.44. The van der Waals surface area contributed by atoms with Gasteiger partial charge in [-0.15, -0.1) is 0 Å². The summed E-state index contributed by atoms with van der Waals surface area (Å²) in [5.74, 6) is 0. The first-order chi connectivity index (χ1) is 3.66. The van der Waals surface area contributed by atoms with Crippen LogP contribution in [0.25, 0.3) is 0 Å². The van der Waals surface area contributed by atoms with Crippen molar-refractivity contribution in [3.05, 3.63) is 0 Å². The van der Waals surface area contributed by atoms with E-state index in [9.17, 15) is 0 Å². The highest BCUT2D eigenvalue weighted by atomic mass is 127. The molecule has 0 radical (unpaired) electrons. The Labute approximate surface area is 79.1 Å². The van der Waals surface area contributed by atoms with Gasteiger partial charge in [0.25, 0.3) is 0 Å². The molecule has 0 saturated carbocycles. The molecule has 2 atom stereocenters. The Balaban J connectivity index is 3.10. The van der Waals surface area contributed by atoms with Gasteiger partial charge in [-0.3, -0.25) is 0 Å². The number of alkyl halides is 2. The molecule has 0 heterocycles. The fraction of sp³-hybridized carbons (Fsp3) is 1.00. The van der Waals surface area contributed by atoms with Crippen LogP contribution in [-0.2, 0) is 0 Å². The van der Waals surface area contributed by atoms with E-state index in [1.165, 1.54) is 12.8 Å². The van der Waals surface area contributed by atoms with Gasteiger partial charge >= 0.3 is 0 Å². The SMILES string of the molecule is CCC(I)CC(C)I. The van der Waals surface area contributed by atoms with Gasteiger partial charge in [-0.05, 0) is 12.8 Å². The van der Waals surface area contributed by atoms with Crippen LogP contribution in [0, 0.1) is 0 Å². The van der Waals surface area contributed by atoms with Crippen LogP contribution in [0.3, 0.4) is 0 Å². The molecule has 8 heavy (non-hydrogen) atoms. The van der Waals surface area contributed by atoms with Gasteiger partial charge in [0.1, 0.15) is 0 Å². The molecular weight excluding hydrogens is 326 g/mol. The summed E-state index contributed by atoms with van der Waals surface area (Å²) in [6, 6.07) is 0. The zero-order valence-corrected chi connectivity index (χ0v) is 9.64. The van der Waals surface area contributed by atoms with Gasteiger partial charge in [0, 0.05) is 7.85 Å². The molecule has 50 valence electrons. The first-order valence-electron chi connectivity index (χ1n) is 2.95. The highest BCUT2D eigenvalue weighted by molar-refractivity contribution is 14.1. The summed E-state index contributed by atoms with van der Waals surface area (Å²) < 4.78 is 1.73. The summed E-state index contributed by atoms with van der Waals surface area (Å²) in [5.41, 5.74) is 0. The van der Waals surface area contributed by atoms with Crippen molar-refractivity contribution in [2.75, 3.05) is 0 Å². The van der Waals surface area contributed by atoms with Crippen LogP contribution < -0.4 is 0 Å². The van der Waals surface area contributed by atoms with E-state index in [0.29, 0.717) is 0 Å². The molecule has 0 saturated heterocycles. The lowest BCUT2D eigenvalue weighted by molar-refractivity contribution is 0.768. The van der Waals surface area contributed by atoms with Crippen LogP contribution in [0.1, 0.15) is 26.7 Å². The molecule has 2 heteroatoms. The molecule has 0 aromatic heterocycles. The highest BCUT2D eigenvalue weighted by Gasteiger charge is 2.03. The summed E-state index contributed by atoms with van der Waals surface area (Å²) in [6.45, 7) is 4.51. The average Bonchev–Trinajstić information content (AvgIpc) is 1.65. The predicted molar refractivity (Wildman–Crippen MR) is 56.2 cm³/mol. The molecule has 0 aromatic carbocycles. The smallest absolute Gasteiger partial charge is 0.0117 e. The first kappa shape index (κ1) is 9.46. The molecule has 0 amide bonds. The maximum absolute atomic E-state index is 2.52. The summed E-state index contributed by atoms with van der Waals surface area (Å²) >= 11 is 4.99. The van der Waals surface area contributed by atoms with Gasteiger partial charge in [-0.1, -0.05) is 59.0 Å². The Bertz CT molecular complexity index is 52.5. The molecule has 0 aromatic rings. The molecule has 0 aliphatic rings. The molecule has 0 aliphatic carbocycles. The molecule has 0 fully saturated rings. The van der Waals surface area contributed by atoms with Crippen molar-refractivity contribution in [3.8, 4) is 0 Å². The molecule has 0 aliphatic heterocycles. The van der Waals surface area contributed by atoms with Crippen molar-refractivity contribution in [1.29, 1.82) is 0 Å². The number of hydrogen-bond donors (Lipinski definition) is 0. The maximum atomic E-state index is 2.52. The van der Waals surface area contributed by atoms with E-state index in [4.69, 9.17) is 0 Å². The molecule has 0 nitrogen and oxygen atoms in total. The lowest BCUT2D eigenvalue weighted by Crippen LogP contribution is -2.01. The van der Waals surface area contributed by atoms with Crippen LogP contribution >= 0.6 is 45.2 Å². The van der Waals surface area contributed by atoms with Crippen LogP contribution in [0.4, 0.5) is 0 Å². The van der Waals surface area contributed by atoms with Gasteiger partial charge in [-0.2, -0.15) is 0 Å². The third kappa shape index (κ3) is 5.59. The minimum atomic E-state index is 0.842. The van der Waals surface area contributed by atoms with Crippen molar-refractivity contribution in [2.24, 2.45) is 0 Å². The minimum absolute atomic E-state index is 0.842. The van der Waals surface area contributed by atoms with Crippen molar-refractivity contribution >= 4 is 45.2 Å². The van der Waals surface area contributed by atoms with E-state index >= 15 is 0 Å². The zero-order valence-electron chi connectivity index (χ0n) is 5.32. The van der Waals surface area contributed by atoms with E-state index in [1.54, 1.807) is 0 Å². The summed E-state index contributed by atoms with van der Waals surface area (Å²) in [7, 11) is 0. The van der Waals surface area contributed by atoms with E-state index in [2.05, 4.69) is 59.0 Å². The fourth-order valence-corrected chi connectivity index (χ4v) is 2.87. The van der Waals surface area contributed by atoms with Gasteiger partial charge in [-0.25, -0.2) is 0 Å². The Morgan fingerprint density at radius 3 is 2.00 bits per heavy atom. The highest BCUT2D eigenvalue weighted by Crippen LogP contribution is 2.16. The Hall–Kier alpha value is 1.46. The molecule has 2 unspecified atom stereocenters.